The lowest BCUT2D eigenvalue weighted by Gasteiger charge is -2.07. The number of rotatable bonds is 4. The predicted molar refractivity (Wildman–Crippen MR) is 90.4 cm³/mol. The van der Waals surface area contributed by atoms with Crippen molar-refractivity contribution in [1.82, 2.24) is 4.98 Å². The summed E-state index contributed by atoms with van der Waals surface area (Å²) in [7, 11) is 0. The molecule has 0 bridgehead atoms. The molecule has 122 valence electrons. The first kappa shape index (κ1) is 15.9. The standard InChI is InChI=1S/C19H17FN2O2/c1-3-17-22-18(12(2)24-17)13-8-10-14(11-9-13)21-19(23)15-6-4-5-7-16(15)20/h4-11H,3H2,1-2H3,(H,21,23). The molecule has 0 fully saturated rings. The SMILES string of the molecule is CCc1nc(-c2ccc(NC(=O)c3ccccc3F)cc2)c(C)o1. The Balaban J connectivity index is 1.78. The topological polar surface area (TPSA) is 55.1 Å². The number of nitrogens with zero attached hydrogens (tertiary/aromatic N) is 1. The second-order valence-electron chi connectivity index (χ2n) is 5.38. The minimum Gasteiger partial charge on any atom is -0.445 e. The maximum Gasteiger partial charge on any atom is 0.258 e. The van der Waals surface area contributed by atoms with Crippen LogP contribution in [-0.2, 0) is 6.42 Å². The molecular formula is C19H17FN2O2. The van der Waals surface area contributed by atoms with Gasteiger partial charge in [0.15, 0.2) is 5.89 Å². The molecule has 1 heterocycles. The summed E-state index contributed by atoms with van der Waals surface area (Å²) in [5.74, 6) is 0.429. The number of carbonyl (C=O) groups is 1. The number of benzene rings is 2. The predicted octanol–water partition coefficient (Wildman–Crippen LogP) is 4.60. The van der Waals surface area contributed by atoms with E-state index in [-0.39, 0.29) is 5.56 Å². The summed E-state index contributed by atoms with van der Waals surface area (Å²) in [6, 6.07) is 13.1. The summed E-state index contributed by atoms with van der Waals surface area (Å²) in [6.45, 7) is 3.85. The summed E-state index contributed by atoms with van der Waals surface area (Å²) in [5.41, 5.74) is 2.30. The summed E-state index contributed by atoms with van der Waals surface area (Å²) in [5, 5.41) is 2.69. The number of hydrogen-bond donors (Lipinski definition) is 1. The first-order valence-corrected chi connectivity index (χ1v) is 7.71. The number of amides is 1. The van der Waals surface area contributed by atoms with Crippen LogP contribution in [0.25, 0.3) is 11.3 Å². The summed E-state index contributed by atoms with van der Waals surface area (Å²) >= 11 is 0. The van der Waals surface area contributed by atoms with Gasteiger partial charge in [-0.05, 0) is 31.2 Å². The molecule has 4 nitrogen and oxygen atoms in total. The molecule has 0 saturated carbocycles. The number of aromatic nitrogens is 1. The number of halogens is 1. The molecule has 5 heteroatoms. The molecule has 0 saturated heterocycles. The van der Waals surface area contributed by atoms with Crippen LogP contribution in [0.1, 0.15) is 28.9 Å². The van der Waals surface area contributed by atoms with Gasteiger partial charge in [0, 0.05) is 17.7 Å². The fourth-order valence-electron chi connectivity index (χ4n) is 2.43. The van der Waals surface area contributed by atoms with E-state index in [0.717, 1.165) is 23.4 Å². The van der Waals surface area contributed by atoms with E-state index in [1.807, 2.05) is 26.0 Å². The van der Waals surface area contributed by atoms with Crippen LogP contribution in [0.5, 0.6) is 0 Å². The van der Waals surface area contributed by atoms with Crippen LogP contribution < -0.4 is 5.32 Å². The highest BCUT2D eigenvalue weighted by Crippen LogP contribution is 2.25. The normalized spacial score (nSPS) is 10.6. The van der Waals surface area contributed by atoms with Crippen LogP contribution >= 0.6 is 0 Å². The van der Waals surface area contributed by atoms with Gasteiger partial charge in [-0.15, -0.1) is 0 Å². The third kappa shape index (κ3) is 3.20. The highest BCUT2D eigenvalue weighted by molar-refractivity contribution is 6.04. The maximum atomic E-state index is 13.6. The van der Waals surface area contributed by atoms with Crippen molar-refractivity contribution in [3.8, 4) is 11.3 Å². The van der Waals surface area contributed by atoms with Gasteiger partial charge in [0.2, 0.25) is 0 Å². The van der Waals surface area contributed by atoms with Crippen LogP contribution in [0.4, 0.5) is 10.1 Å². The van der Waals surface area contributed by atoms with Crippen LogP contribution in [0.2, 0.25) is 0 Å². The molecule has 1 amide bonds. The van der Waals surface area contributed by atoms with E-state index in [1.54, 1.807) is 24.3 Å². The van der Waals surface area contributed by atoms with Gasteiger partial charge in [0.25, 0.3) is 5.91 Å². The second-order valence-corrected chi connectivity index (χ2v) is 5.38. The van der Waals surface area contributed by atoms with Gasteiger partial charge < -0.3 is 9.73 Å². The molecule has 24 heavy (non-hydrogen) atoms. The number of carbonyl (C=O) groups excluding carboxylic acids is 1. The second kappa shape index (κ2) is 6.66. The van der Waals surface area contributed by atoms with E-state index in [0.29, 0.717) is 11.6 Å². The molecule has 0 aliphatic carbocycles. The van der Waals surface area contributed by atoms with Crippen molar-refractivity contribution in [2.24, 2.45) is 0 Å². The molecule has 0 atom stereocenters. The summed E-state index contributed by atoms with van der Waals surface area (Å²) in [6.07, 6.45) is 0.734. The Morgan fingerprint density at radius 3 is 2.50 bits per heavy atom. The van der Waals surface area contributed by atoms with E-state index in [1.165, 1.54) is 12.1 Å². The van der Waals surface area contributed by atoms with Crippen molar-refractivity contribution in [3.05, 3.63) is 71.6 Å². The Morgan fingerprint density at radius 2 is 1.88 bits per heavy atom. The fraction of sp³-hybridized carbons (Fsp3) is 0.158. The third-order valence-electron chi connectivity index (χ3n) is 3.68. The van der Waals surface area contributed by atoms with Crippen molar-refractivity contribution >= 4 is 11.6 Å². The number of hydrogen-bond acceptors (Lipinski definition) is 3. The lowest BCUT2D eigenvalue weighted by atomic mass is 10.1. The van der Waals surface area contributed by atoms with Gasteiger partial charge in [-0.1, -0.05) is 31.2 Å². The molecule has 1 N–H and O–H groups in total. The van der Waals surface area contributed by atoms with Gasteiger partial charge in [0.1, 0.15) is 17.3 Å². The van der Waals surface area contributed by atoms with Gasteiger partial charge >= 0.3 is 0 Å². The average molecular weight is 324 g/mol. The van der Waals surface area contributed by atoms with Gasteiger partial charge in [0.05, 0.1) is 5.56 Å². The zero-order chi connectivity index (χ0) is 17.1. The Morgan fingerprint density at radius 1 is 1.17 bits per heavy atom. The quantitative estimate of drug-likeness (QED) is 0.763. The number of aryl methyl sites for hydroxylation is 2. The highest BCUT2D eigenvalue weighted by atomic mass is 19.1. The lowest BCUT2D eigenvalue weighted by Crippen LogP contribution is -2.13. The minimum atomic E-state index is -0.545. The molecule has 0 unspecified atom stereocenters. The number of nitrogens with one attached hydrogen (secondary N) is 1. The minimum absolute atomic E-state index is 0.0153. The Hall–Kier alpha value is -2.95. The van der Waals surface area contributed by atoms with Crippen LogP contribution in [0.3, 0.4) is 0 Å². The van der Waals surface area contributed by atoms with E-state index in [9.17, 15) is 9.18 Å². The Bertz CT molecular complexity index is 869. The Labute approximate surface area is 139 Å². The molecule has 0 aliphatic rings. The van der Waals surface area contributed by atoms with E-state index in [4.69, 9.17) is 4.42 Å². The lowest BCUT2D eigenvalue weighted by molar-refractivity contribution is 0.102. The summed E-state index contributed by atoms with van der Waals surface area (Å²) in [4.78, 5) is 16.6. The van der Waals surface area contributed by atoms with E-state index >= 15 is 0 Å². The van der Waals surface area contributed by atoms with Gasteiger partial charge in [-0.2, -0.15) is 0 Å². The van der Waals surface area contributed by atoms with E-state index < -0.39 is 11.7 Å². The largest absolute Gasteiger partial charge is 0.445 e. The fourth-order valence-corrected chi connectivity index (χ4v) is 2.43. The molecule has 3 rings (SSSR count). The van der Waals surface area contributed by atoms with Crippen molar-refractivity contribution < 1.29 is 13.6 Å². The maximum absolute atomic E-state index is 13.6. The van der Waals surface area contributed by atoms with Gasteiger partial charge in [-0.3, -0.25) is 4.79 Å². The monoisotopic (exact) mass is 324 g/mol. The number of oxazole rings is 1. The zero-order valence-electron chi connectivity index (χ0n) is 13.5. The van der Waals surface area contributed by atoms with E-state index in [2.05, 4.69) is 10.3 Å². The zero-order valence-corrected chi connectivity index (χ0v) is 13.5. The number of anilines is 1. The van der Waals surface area contributed by atoms with Crippen LogP contribution in [0, 0.1) is 12.7 Å². The smallest absolute Gasteiger partial charge is 0.258 e. The summed E-state index contributed by atoms with van der Waals surface area (Å²) < 4.78 is 19.2. The Kier molecular flexibility index (Phi) is 4.42. The molecule has 0 aliphatic heterocycles. The van der Waals surface area contributed by atoms with Crippen molar-refractivity contribution in [3.63, 3.8) is 0 Å². The van der Waals surface area contributed by atoms with Crippen LogP contribution in [0.15, 0.2) is 52.9 Å². The van der Waals surface area contributed by atoms with Crippen molar-refractivity contribution in [2.75, 3.05) is 5.32 Å². The first-order valence-electron chi connectivity index (χ1n) is 7.71. The molecule has 2 aromatic carbocycles. The highest BCUT2D eigenvalue weighted by Gasteiger charge is 2.13. The molecule has 0 spiro atoms. The molecular weight excluding hydrogens is 307 g/mol. The van der Waals surface area contributed by atoms with Crippen LogP contribution in [-0.4, -0.2) is 10.9 Å². The van der Waals surface area contributed by atoms with Crippen molar-refractivity contribution in [1.29, 1.82) is 0 Å². The molecule has 1 aromatic heterocycles. The van der Waals surface area contributed by atoms with Crippen molar-refractivity contribution in [2.45, 2.75) is 20.3 Å². The first-order chi connectivity index (χ1) is 11.6. The molecule has 3 aromatic rings. The molecule has 0 radical (unpaired) electrons. The van der Waals surface area contributed by atoms with Gasteiger partial charge in [-0.25, -0.2) is 9.37 Å². The third-order valence-corrected chi connectivity index (χ3v) is 3.68. The average Bonchev–Trinajstić information content (AvgIpc) is 2.97.